The van der Waals surface area contributed by atoms with E-state index in [9.17, 15) is 4.79 Å². The van der Waals surface area contributed by atoms with Crippen LogP contribution in [0.4, 0.5) is 5.69 Å². The second-order valence-electron chi connectivity index (χ2n) is 5.20. The fourth-order valence-electron chi connectivity index (χ4n) is 2.51. The van der Waals surface area contributed by atoms with Gasteiger partial charge in [0.15, 0.2) is 5.69 Å². The Kier molecular flexibility index (Phi) is 5.00. The van der Waals surface area contributed by atoms with Gasteiger partial charge in [0.1, 0.15) is 0 Å². The molecule has 1 fully saturated rings. The summed E-state index contributed by atoms with van der Waals surface area (Å²) < 4.78 is 5.75. The molecule has 1 aromatic rings. The number of aryl methyl sites for hydroxylation is 1. The van der Waals surface area contributed by atoms with Gasteiger partial charge in [0.25, 0.3) is 5.91 Å². The number of nitrogens with one attached hydrogen (secondary N) is 1. The van der Waals surface area contributed by atoms with Crippen molar-refractivity contribution in [3.05, 3.63) is 11.4 Å². The molecule has 0 spiro atoms. The van der Waals surface area contributed by atoms with E-state index >= 15 is 0 Å². The molecule has 0 aromatic carbocycles. The summed E-state index contributed by atoms with van der Waals surface area (Å²) in [6.45, 7) is 6.19. The fourth-order valence-corrected chi connectivity index (χ4v) is 2.51. The number of carbonyl (C=O) groups excluding carboxylic acids is 1. The van der Waals surface area contributed by atoms with Gasteiger partial charge in [-0.05, 0) is 25.7 Å². The van der Waals surface area contributed by atoms with Crippen LogP contribution in [0.2, 0.25) is 0 Å². The molecule has 2 rings (SSSR count). The third-order valence-corrected chi connectivity index (χ3v) is 3.66. The van der Waals surface area contributed by atoms with Crippen molar-refractivity contribution in [3.63, 3.8) is 0 Å². The molecule has 2 heterocycles. The molecule has 1 aliphatic heterocycles. The lowest BCUT2D eigenvalue weighted by molar-refractivity contribution is 0.00195. The first-order valence-corrected chi connectivity index (χ1v) is 7.40. The largest absolute Gasteiger partial charge is 0.395 e. The number of hydrogen-bond donors (Lipinski definition) is 2. The van der Waals surface area contributed by atoms with Crippen LogP contribution in [-0.2, 0) is 11.2 Å². The van der Waals surface area contributed by atoms with Gasteiger partial charge in [0, 0.05) is 19.7 Å². The van der Waals surface area contributed by atoms with Crippen molar-refractivity contribution < 1.29 is 9.53 Å². The van der Waals surface area contributed by atoms with Crippen LogP contribution in [0.3, 0.4) is 0 Å². The van der Waals surface area contributed by atoms with Crippen molar-refractivity contribution in [2.75, 3.05) is 25.4 Å². The Labute approximate surface area is 119 Å². The predicted molar refractivity (Wildman–Crippen MR) is 77.5 cm³/mol. The molecule has 112 valence electrons. The van der Waals surface area contributed by atoms with Crippen molar-refractivity contribution in [1.82, 2.24) is 15.1 Å². The lowest BCUT2D eigenvalue weighted by Crippen LogP contribution is -2.43. The van der Waals surface area contributed by atoms with E-state index in [-0.39, 0.29) is 12.0 Å². The lowest BCUT2D eigenvalue weighted by atomic mass is 10.1. The minimum atomic E-state index is -0.0942. The highest BCUT2D eigenvalue weighted by Crippen LogP contribution is 2.20. The van der Waals surface area contributed by atoms with Crippen LogP contribution < -0.4 is 5.73 Å². The van der Waals surface area contributed by atoms with E-state index in [1.807, 2.05) is 6.92 Å². The van der Waals surface area contributed by atoms with Crippen LogP contribution in [-0.4, -0.2) is 46.8 Å². The third kappa shape index (κ3) is 3.12. The van der Waals surface area contributed by atoms with Crippen LogP contribution in [0.25, 0.3) is 0 Å². The Morgan fingerprint density at radius 2 is 2.35 bits per heavy atom. The van der Waals surface area contributed by atoms with E-state index < -0.39 is 0 Å². The van der Waals surface area contributed by atoms with Gasteiger partial charge in [-0.15, -0.1) is 0 Å². The first kappa shape index (κ1) is 14.8. The van der Waals surface area contributed by atoms with Crippen LogP contribution in [0, 0.1) is 0 Å². The number of rotatable bonds is 5. The van der Waals surface area contributed by atoms with E-state index in [1.54, 1.807) is 4.90 Å². The Bertz CT molecular complexity index is 458. The number of amides is 1. The van der Waals surface area contributed by atoms with Gasteiger partial charge < -0.3 is 15.4 Å². The molecule has 1 saturated heterocycles. The molecule has 0 radical (unpaired) electrons. The molecule has 1 aromatic heterocycles. The van der Waals surface area contributed by atoms with Crippen LogP contribution >= 0.6 is 0 Å². The number of nitrogens with zero attached hydrogens (tertiary/aromatic N) is 2. The van der Waals surface area contributed by atoms with E-state index in [1.165, 1.54) is 0 Å². The molecule has 0 saturated carbocycles. The molecular weight excluding hydrogens is 256 g/mol. The van der Waals surface area contributed by atoms with Crippen molar-refractivity contribution in [3.8, 4) is 0 Å². The summed E-state index contributed by atoms with van der Waals surface area (Å²) in [7, 11) is 0. The zero-order valence-electron chi connectivity index (χ0n) is 12.3. The monoisotopic (exact) mass is 280 g/mol. The number of aromatic nitrogens is 2. The maximum Gasteiger partial charge on any atom is 0.276 e. The highest BCUT2D eigenvalue weighted by Gasteiger charge is 2.28. The maximum absolute atomic E-state index is 12.5. The molecule has 6 nitrogen and oxygen atoms in total. The molecule has 0 bridgehead atoms. The number of anilines is 1. The minimum absolute atomic E-state index is 0.0942. The smallest absolute Gasteiger partial charge is 0.276 e. The van der Waals surface area contributed by atoms with Gasteiger partial charge in [0.2, 0.25) is 0 Å². The minimum Gasteiger partial charge on any atom is -0.395 e. The molecule has 1 amide bonds. The van der Waals surface area contributed by atoms with Gasteiger partial charge >= 0.3 is 0 Å². The van der Waals surface area contributed by atoms with Gasteiger partial charge in [-0.1, -0.05) is 13.8 Å². The van der Waals surface area contributed by atoms with Gasteiger partial charge in [-0.2, -0.15) is 5.10 Å². The number of nitrogen functional groups attached to an aromatic ring is 1. The van der Waals surface area contributed by atoms with Crippen LogP contribution in [0.15, 0.2) is 0 Å². The van der Waals surface area contributed by atoms with Crippen LogP contribution in [0.5, 0.6) is 0 Å². The van der Waals surface area contributed by atoms with Crippen molar-refractivity contribution >= 4 is 11.6 Å². The van der Waals surface area contributed by atoms with E-state index in [4.69, 9.17) is 10.5 Å². The quantitative estimate of drug-likeness (QED) is 0.857. The molecule has 1 atom stereocenters. The summed E-state index contributed by atoms with van der Waals surface area (Å²) in [5.41, 5.74) is 7.61. The van der Waals surface area contributed by atoms with Crippen LogP contribution in [0.1, 0.15) is 49.3 Å². The molecule has 1 unspecified atom stereocenters. The van der Waals surface area contributed by atoms with E-state index in [0.29, 0.717) is 17.9 Å². The Morgan fingerprint density at radius 1 is 1.55 bits per heavy atom. The molecule has 6 heteroatoms. The number of piperidine rings is 1. The summed E-state index contributed by atoms with van der Waals surface area (Å²) >= 11 is 0. The fraction of sp³-hybridized carbons (Fsp3) is 0.714. The van der Waals surface area contributed by atoms with Gasteiger partial charge in [-0.3, -0.25) is 9.89 Å². The van der Waals surface area contributed by atoms with Crippen molar-refractivity contribution in [1.29, 1.82) is 0 Å². The zero-order chi connectivity index (χ0) is 14.5. The average Bonchev–Trinajstić information content (AvgIpc) is 2.85. The number of ether oxygens (including phenoxy) is 1. The van der Waals surface area contributed by atoms with Crippen molar-refractivity contribution in [2.24, 2.45) is 0 Å². The summed E-state index contributed by atoms with van der Waals surface area (Å²) in [6.07, 6.45) is 3.86. The molecule has 20 heavy (non-hydrogen) atoms. The Balaban J connectivity index is 2.02. The van der Waals surface area contributed by atoms with Gasteiger partial charge in [-0.25, -0.2) is 0 Å². The summed E-state index contributed by atoms with van der Waals surface area (Å²) in [5.74, 6) is -0.0942. The molecule has 1 aliphatic rings. The highest BCUT2D eigenvalue weighted by atomic mass is 16.5. The third-order valence-electron chi connectivity index (χ3n) is 3.66. The van der Waals surface area contributed by atoms with Gasteiger partial charge in [0.05, 0.1) is 17.5 Å². The second kappa shape index (κ2) is 6.74. The lowest BCUT2D eigenvalue weighted by Gasteiger charge is -2.32. The Hall–Kier alpha value is -1.56. The summed E-state index contributed by atoms with van der Waals surface area (Å²) in [5, 5.41) is 6.90. The van der Waals surface area contributed by atoms with Crippen molar-refractivity contribution in [2.45, 2.75) is 45.6 Å². The van der Waals surface area contributed by atoms with E-state index in [2.05, 4.69) is 17.1 Å². The second-order valence-corrected chi connectivity index (χ2v) is 5.20. The number of H-pyrrole nitrogens is 1. The SMILES string of the molecule is CCCOC1CCCN(C(=O)c2n[nH]c(CC)c2N)C1. The summed E-state index contributed by atoms with van der Waals surface area (Å²) in [6, 6.07) is 0. The van der Waals surface area contributed by atoms with E-state index in [0.717, 1.165) is 44.5 Å². The first-order chi connectivity index (χ1) is 9.67. The topological polar surface area (TPSA) is 84.2 Å². The predicted octanol–water partition coefficient (Wildman–Crippen LogP) is 1.59. The molecular formula is C14H24N4O2. The maximum atomic E-state index is 12.5. The highest BCUT2D eigenvalue weighted by molar-refractivity contribution is 5.97. The molecule has 3 N–H and O–H groups in total. The number of nitrogens with two attached hydrogens (primary N) is 1. The normalized spacial score (nSPS) is 19.3. The number of hydrogen-bond acceptors (Lipinski definition) is 4. The average molecular weight is 280 g/mol. The summed E-state index contributed by atoms with van der Waals surface area (Å²) in [4.78, 5) is 14.3. The number of carbonyl (C=O) groups is 1. The zero-order valence-corrected chi connectivity index (χ0v) is 12.3. The standard InChI is InChI=1S/C14H24N4O2/c1-3-8-20-10-6-5-7-18(9-10)14(19)13-12(15)11(4-2)16-17-13/h10H,3-9,15H2,1-2H3,(H,16,17). The Morgan fingerprint density at radius 3 is 3.00 bits per heavy atom. The number of aromatic amines is 1. The molecule has 0 aliphatic carbocycles. The first-order valence-electron chi connectivity index (χ1n) is 7.40. The number of likely N-dealkylation sites (tertiary alicyclic amines) is 1.